The number of aromatic nitrogens is 3. The maximum absolute atomic E-state index is 6.23. The van der Waals surface area contributed by atoms with Crippen LogP contribution in [0.25, 0.3) is 109 Å². The molecule has 11 rings (SSSR count). The van der Waals surface area contributed by atoms with Crippen LogP contribution in [0, 0.1) is 0 Å². The van der Waals surface area contributed by atoms with Crippen molar-refractivity contribution in [3.05, 3.63) is 152 Å². The molecule has 3 heterocycles. The summed E-state index contributed by atoms with van der Waals surface area (Å²) in [5.41, 5.74) is 4.43. The van der Waals surface area contributed by atoms with E-state index < -0.39 is 0 Å². The van der Waals surface area contributed by atoms with E-state index in [0.29, 0.717) is 17.5 Å². The van der Waals surface area contributed by atoms with Crippen LogP contribution in [0.3, 0.4) is 0 Å². The van der Waals surface area contributed by atoms with E-state index in [9.17, 15) is 0 Å². The molecule has 4 nitrogen and oxygen atoms in total. The number of hydrogen-bond donors (Lipinski definition) is 0. The fraction of sp³-hybridized carbons (Fsp3) is 0. The molecule has 0 aliphatic heterocycles. The lowest BCUT2D eigenvalue weighted by Crippen LogP contribution is -2.00. The molecule has 11 aromatic rings. The molecule has 0 amide bonds. The van der Waals surface area contributed by atoms with Crippen LogP contribution in [0.4, 0.5) is 0 Å². The van der Waals surface area contributed by atoms with Crippen LogP contribution in [-0.2, 0) is 0 Å². The molecule has 0 radical (unpaired) electrons. The number of nitrogens with zero attached hydrogens (tertiary/aromatic N) is 3. The van der Waals surface area contributed by atoms with Gasteiger partial charge in [-0.05, 0) is 57.3 Å². The van der Waals surface area contributed by atoms with Crippen LogP contribution in [0.5, 0.6) is 0 Å². The lowest BCUT2D eigenvalue weighted by atomic mass is 9.94. The Morgan fingerprint density at radius 1 is 0.380 bits per heavy atom. The molecule has 50 heavy (non-hydrogen) atoms. The molecule has 0 bridgehead atoms. The summed E-state index contributed by atoms with van der Waals surface area (Å²) in [6.45, 7) is 0. The van der Waals surface area contributed by atoms with Gasteiger partial charge in [0.25, 0.3) is 0 Å². The minimum Gasteiger partial charge on any atom is -0.456 e. The highest BCUT2D eigenvalue weighted by atomic mass is 32.1. The lowest BCUT2D eigenvalue weighted by molar-refractivity contribution is 0.669. The zero-order valence-electron chi connectivity index (χ0n) is 26.6. The molecule has 0 aliphatic carbocycles. The van der Waals surface area contributed by atoms with Crippen molar-refractivity contribution in [2.24, 2.45) is 0 Å². The van der Waals surface area contributed by atoms with Crippen molar-refractivity contribution in [1.82, 2.24) is 15.0 Å². The number of benzene rings is 8. The van der Waals surface area contributed by atoms with Gasteiger partial charge in [0.1, 0.15) is 11.2 Å². The van der Waals surface area contributed by atoms with Gasteiger partial charge >= 0.3 is 0 Å². The van der Waals surface area contributed by atoms with Gasteiger partial charge in [0.05, 0.1) is 0 Å². The molecule has 8 aromatic carbocycles. The number of para-hydroxylation sites is 1. The van der Waals surface area contributed by atoms with Crippen molar-refractivity contribution in [1.29, 1.82) is 0 Å². The van der Waals surface area contributed by atoms with E-state index in [0.717, 1.165) is 44.0 Å². The summed E-state index contributed by atoms with van der Waals surface area (Å²) < 4.78 is 8.89. The lowest BCUT2D eigenvalue weighted by Gasteiger charge is -2.11. The third-order valence-electron chi connectivity index (χ3n) is 9.90. The highest BCUT2D eigenvalue weighted by Crippen LogP contribution is 2.42. The molecule has 0 fully saturated rings. The van der Waals surface area contributed by atoms with Crippen LogP contribution >= 0.6 is 11.3 Å². The first-order chi connectivity index (χ1) is 24.7. The second-order valence-electron chi connectivity index (χ2n) is 12.8. The molecule has 0 saturated carbocycles. The zero-order valence-corrected chi connectivity index (χ0v) is 27.4. The van der Waals surface area contributed by atoms with E-state index in [4.69, 9.17) is 19.4 Å². The van der Waals surface area contributed by atoms with E-state index in [2.05, 4.69) is 97.1 Å². The highest BCUT2D eigenvalue weighted by Gasteiger charge is 2.16. The van der Waals surface area contributed by atoms with E-state index >= 15 is 0 Å². The topological polar surface area (TPSA) is 51.8 Å². The summed E-state index contributed by atoms with van der Waals surface area (Å²) in [7, 11) is 0. The Labute approximate surface area is 289 Å². The first-order valence-corrected chi connectivity index (χ1v) is 17.5. The minimum absolute atomic E-state index is 0.605. The first-order valence-electron chi connectivity index (χ1n) is 16.7. The second kappa shape index (κ2) is 10.5. The molecular formula is C45H25N3OS. The third kappa shape index (κ3) is 4.14. The summed E-state index contributed by atoms with van der Waals surface area (Å²) in [6, 6.07) is 53.3. The predicted molar refractivity (Wildman–Crippen MR) is 209 cm³/mol. The Bertz CT molecular complexity index is 3160. The molecule has 0 saturated heterocycles. The van der Waals surface area contributed by atoms with Gasteiger partial charge in [-0.2, -0.15) is 0 Å². The normalized spacial score (nSPS) is 12.0. The smallest absolute Gasteiger partial charge is 0.164 e. The van der Waals surface area contributed by atoms with E-state index in [1.54, 1.807) is 0 Å². The van der Waals surface area contributed by atoms with Gasteiger partial charge in [-0.1, -0.05) is 121 Å². The van der Waals surface area contributed by atoms with Crippen LogP contribution in [0.1, 0.15) is 0 Å². The van der Waals surface area contributed by atoms with E-state index in [-0.39, 0.29) is 0 Å². The molecule has 0 spiro atoms. The molecule has 0 unspecified atom stereocenters. The van der Waals surface area contributed by atoms with Gasteiger partial charge in [0.15, 0.2) is 17.5 Å². The van der Waals surface area contributed by atoms with E-state index in [1.807, 2.05) is 65.9 Å². The SMILES string of the molecule is c1ccc(-c2nc(-c3ccc4c(ccc5ccc6c(ccc7c8ccccc8sc76)c54)c3)nc(-c3ccc4c(c3)oc3ccccc34)n2)cc1. The summed E-state index contributed by atoms with van der Waals surface area (Å²) in [5, 5.41) is 12.2. The molecule has 3 aromatic heterocycles. The molecule has 0 aliphatic rings. The van der Waals surface area contributed by atoms with Gasteiger partial charge in [0.2, 0.25) is 0 Å². The standard InChI is InChI=1S/C45H25N3OS/c1-2-8-27(9-3-1)43-46-44(48-45(47-43)30-18-20-33-32-10-4-6-12-38(32)49-39(33)25-30)29-17-19-31-28(24-29)15-14-26-16-21-37-35(41(26)31)22-23-36-34-11-5-7-13-40(34)50-42(36)37/h1-25H. The maximum Gasteiger partial charge on any atom is 0.164 e. The van der Waals surface area contributed by atoms with Crippen molar-refractivity contribution < 1.29 is 4.42 Å². The molecule has 0 N–H and O–H groups in total. The Morgan fingerprint density at radius 3 is 1.82 bits per heavy atom. The molecule has 232 valence electrons. The number of fused-ring (bicyclic) bond motifs is 12. The molecular weight excluding hydrogens is 631 g/mol. The van der Waals surface area contributed by atoms with Gasteiger partial charge in [-0.25, -0.2) is 15.0 Å². The van der Waals surface area contributed by atoms with Crippen molar-refractivity contribution in [2.75, 3.05) is 0 Å². The van der Waals surface area contributed by atoms with Crippen LogP contribution < -0.4 is 0 Å². The Morgan fingerprint density at radius 2 is 0.960 bits per heavy atom. The van der Waals surface area contributed by atoms with E-state index in [1.165, 1.54) is 47.1 Å². The van der Waals surface area contributed by atoms with Crippen LogP contribution in [0.2, 0.25) is 0 Å². The molecule has 0 atom stereocenters. The largest absolute Gasteiger partial charge is 0.456 e. The average molecular weight is 656 g/mol. The Balaban J connectivity index is 1.10. The van der Waals surface area contributed by atoms with Crippen molar-refractivity contribution in [3.8, 4) is 34.2 Å². The Hall–Kier alpha value is -6.43. The van der Waals surface area contributed by atoms with Gasteiger partial charge in [-0.15, -0.1) is 11.3 Å². The molecule has 5 heteroatoms. The Kier molecular flexibility index (Phi) is 5.80. The summed E-state index contributed by atoms with van der Waals surface area (Å²) in [4.78, 5) is 15.1. The average Bonchev–Trinajstić information content (AvgIpc) is 3.76. The van der Waals surface area contributed by atoms with Crippen molar-refractivity contribution in [2.45, 2.75) is 0 Å². The zero-order chi connectivity index (χ0) is 32.8. The van der Waals surface area contributed by atoms with Crippen molar-refractivity contribution in [3.63, 3.8) is 0 Å². The minimum atomic E-state index is 0.605. The number of thiophene rings is 1. The second-order valence-corrected chi connectivity index (χ2v) is 13.8. The monoisotopic (exact) mass is 655 g/mol. The number of rotatable bonds is 3. The predicted octanol–water partition coefficient (Wildman–Crippen LogP) is 12.6. The quantitative estimate of drug-likeness (QED) is 0.178. The number of hydrogen-bond acceptors (Lipinski definition) is 5. The highest BCUT2D eigenvalue weighted by molar-refractivity contribution is 7.26. The fourth-order valence-electron chi connectivity index (χ4n) is 7.51. The fourth-order valence-corrected chi connectivity index (χ4v) is 8.74. The van der Waals surface area contributed by atoms with Crippen LogP contribution in [-0.4, -0.2) is 15.0 Å². The maximum atomic E-state index is 6.23. The van der Waals surface area contributed by atoms with Crippen LogP contribution in [0.15, 0.2) is 156 Å². The number of furan rings is 1. The third-order valence-corrected chi connectivity index (χ3v) is 11.1. The van der Waals surface area contributed by atoms with Gasteiger partial charge in [0, 0.05) is 53.0 Å². The summed E-state index contributed by atoms with van der Waals surface area (Å²) >= 11 is 1.88. The summed E-state index contributed by atoms with van der Waals surface area (Å²) in [6.07, 6.45) is 0. The first kappa shape index (κ1) is 27.5. The summed E-state index contributed by atoms with van der Waals surface area (Å²) in [5.74, 6) is 1.87. The van der Waals surface area contributed by atoms with Crippen molar-refractivity contribution >= 4 is 85.8 Å². The van der Waals surface area contributed by atoms with Gasteiger partial charge < -0.3 is 4.42 Å². The van der Waals surface area contributed by atoms with Gasteiger partial charge in [-0.3, -0.25) is 0 Å².